The Morgan fingerprint density at radius 1 is 0.361 bits per heavy atom. The lowest BCUT2D eigenvalue weighted by Gasteiger charge is -2.18. The standard InChI is InChI=1S/C55H96O6/c1-4-7-10-13-16-19-21-23-25-27-28-30-31-33-36-39-42-45-48-54(57)60-51-52(50-59-53(56)47-44-41-38-35-18-15-12-9-6-3)61-55(58)49-46-43-40-37-34-32-29-26-24-22-20-17-14-11-8-5-2/h9,12,18,26,28-30,32,34-35,52H,4-8,10-11,13-17,19-25,27,31,33,36-51H2,1-3H3/b12-9-,29-26-,30-28-,34-32-,35-18-. The van der Waals surface area contributed by atoms with Gasteiger partial charge in [-0.2, -0.15) is 0 Å². The average Bonchev–Trinajstić information content (AvgIpc) is 3.26. The van der Waals surface area contributed by atoms with Crippen molar-refractivity contribution in [3.05, 3.63) is 60.8 Å². The molecule has 0 saturated heterocycles. The molecule has 61 heavy (non-hydrogen) atoms. The summed E-state index contributed by atoms with van der Waals surface area (Å²) in [5.41, 5.74) is 0. The molecule has 0 heterocycles. The van der Waals surface area contributed by atoms with Crippen molar-refractivity contribution in [3.8, 4) is 0 Å². The van der Waals surface area contributed by atoms with E-state index in [-0.39, 0.29) is 37.5 Å². The van der Waals surface area contributed by atoms with Crippen LogP contribution in [0.4, 0.5) is 0 Å². The third-order valence-corrected chi connectivity index (χ3v) is 11.0. The zero-order chi connectivity index (χ0) is 44.4. The van der Waals surface area contributed by atoms with E-state index in [0.717, 1.165) is 89.9 Å². The van der Waals surface area contributed by atoms with E-state index < -0.39 is 6.10 Å². The van der Waals surface area contributed by atoms with Crippen LogP contribution in [-0.4, -0.2) is 37.2 Å². The minimum absolute atomic E-state index is 0.0994. The van der Waals surface area contributed by atoms with Gasteiger partial charge in [0.1, 0.15) is 13.2 Å². The van der Waals surface area contributed by atoms with Crippen LogP contribution in [0, 0.1) is 0 Å². The molecule has 0 fully saturated rings. The maximum Gasteiger partial charge on any atom is 0.306 e. The summed E-state index contributed by atoms with van der Waals surface area (Å²) in [5.74, 6) is -0.970. The molecule has 352 valence electrons. The molecular formula is C55H96O6. The molecule has 0 aliphatic heterocycles. The van der Waals surface area contributed by atoms with E-state index in [4.69, 9.17) is 14.2 Å². The van der Waals surface area contributed by atoms with Gasteiger partial charge >= 0.3 is 17.9 Å². The summed E-state index contributed by atoms with van der Waals surface area (Å²) in [6, 6.07) is 0. The Bertz CT molecular complexity index is 1120. The molecule has 0 spiro atoms. The maximum atomic E-state index is 12.8. The van der Waals surface area contributed by atoms with Crippen LogP contribution in [0.5, 0.6) is 0 Å². The van der Waals surface area contributed by atoms with E-state index in [1.165, 1.54) is 122 Å². The van der Waals surface area contributed by atoms with Crippen molar-refractivity contribution in [1.29, 1.82) is 0 Å². The largest absolute Gasteiger partial charge is 0.462 e. The van der Waals surface area contributed by atoms with Crippen molar-refractivity contribution in [1.82, 2.24) is 0 Å². The molecule has 0 aromatic carbocycles. The van der Waals surface area contributed by atoms with Gasteiger partial charge in [-0.05, 0) is 96.3 Å². The number of ether oxygens (including phenoxy) is 3. The van der Waals surface area contributed by atoms with Gasteiger partial charge < -0.3 is 14.2 Å². The second-order valence-corrected chi connectivity index (χ2v) is 17.1. The monoisotopic (exact) mass is 853 g/mol. The number of carbonyl (C=O) groups is 3. The highest BCUT2D eigenvalue weighted by molar-refractivity contribution is 5.71. The number of unbranched alkanes of at least 4 members (excludes halogenated alkanes) is 26. The topological polar surface area (TPSA) is 78.9 Å². The summed E-state index contributed by atoms with van der Waals surface area (Å²) in [5, 5.41) is 0. The minimum atomic E-state index is -0.802. The van der Waals surface area contributed by atoms with Crippen molar-refractivity contribution in [2.24, 2.45) is 0 Å². The summed E-state index contributed by atoms with van der Waals surface area (Å²) in [6.07, 6.45) is 60.8. The Morgan fingerprint density at radius 3 is 1.15 bits per heavy atom. The van der Waals surface area contributed by atoms with Crippen LogP contribution in [0.3, 0.4) is 0 Å². The number of allylic oxidation sites excluding steroid dienone is 10. The second kappa shape index (κ2) is 49.8. The van der Waals surface area contributed by atoms with Gasteiger partial charge in [0.2, 0.25) is 0 Å². The summed E-state index contributed by atoms with van der Waals surface area (Å²) in [7, 11) is 0. The SMILES string of the molecule is CC/C=C\C/C=C\CCCCC(=O)OCC(COC(=O)CCCCCCC/C=C\CCCCCCCCCCC)OC(=O)CCCCC/C=C\C=C/CCCCCCCCC. The van der Waals surface area contributed by atoms with Crippen LogP contribution >= 0.6 is 0 Å². The van der Waals surface area contributed by atoms with Crippen LogP contribution < -0.4 is 0 Å². The number of carbonyl (C=O) groups excluding carboxylic acids is 3. The van der Waals surface area contributed by atoms with Crippen molar-refractivity contribution >= 4 is 17.9 Å². The number of hydrogen-bond donors (Lipinski definition) is 0. The first kappa shape index (κ1) is 58.1. The molecule has 1 unspecified atom stereocenters. The lowest BCUT2D eigenvalue weighted by molar-refractivity contribution is -0.167. The Morgan fingerprint density at radius 2 is 0.689 bits per heavy atom. The van der Waals surface area contributed by atoms with Crippen molar-refractivity contribution in [2.75, 3.05) is 13.2 Å². The van der Waals surface area contributed by atoms with Gasteiger partial charge in [0.15, 0.2) is 6.10 Å². The molecule has 0 saturated carbocycles. The molecule has 0 amide bonds. The summed E-state index contributed by atoms with van der Waals surface area (Å²) in [6.45, 7) is 6.45. The second-order valence-electron chi connectivity index (χ2n) is 17.1. The van der Waals surface area contributed by atoms with Gasteiger partial charge in [0.05, 0.1) is 0 Å². The van der Waals surface area contributed by atoms with Crippen LogP contribution in [-0.2, 0) is 28.6 Å². The molecule has 6 heteroatoms. The van der Waals surface area contributed by atoms with Crippen LogP contribution in [0.2, 0.25) is 0 Å². The van der Waals surface area contributed by atoms with Gasteiger partial charge in [0.25, 0.3) is 0 Å². The highest BCUT2D eigenvalue weighted by Crippen LogP contribution is 2.14. The quantitative estimate of drug-likeness (QED) is 0.0200. The summed E-state index contributed by atoms with van der Waals surface area (Å²) >= 11 is 0. The van der Waals surface area contributed by atoms with E-state index in [9.17, 15) is 14.4 Å². The molecule has 0 rings (SSSR count). The Labute approximate surface area is 377 Å². The molecule has 0 bridgehead atoms. The van der Waals surface area contributed by atoms with Gasteiger partial charge in [-0.15, -0.1) is 0 Å². The Balaban J connectivity index is 4.38. The first-order valence-electron chi connectivity index (χ1n) is 25.8. The van der Waals surface area contributed by atoms with Crippen LogP contribution in [0.1, 0.15) is 252 Å². The zero-order valence-electron chi connectivity index (χ0n) is 40.2. The highest BCUT2D eigenvalue weighted by atomic mass is 16.6. The van der Waals surface area contributed by atoms with Gasteiger partial charge in [-0.1, -0.05) is 197 Å². The predicted molar refractivity (Wildman–Crippen MR) is 261 cm³/mol. The fourth-order valence-corrected chi connectivity index (χ4v) is 7.11. The lowest BCUT2D eigenvalue weighted by Crippen LogP contribution is -2.30. The number of hydrogen-bond acceptors (Lipinski definition) is 6. The predicted octanol–water partition coefficient (Wildman–Crippen LogP) is 16.9. The van der Waals surface area contributed by atoms with E-state index in [1.54, 1.807) is 0 Å². The highest BCUT2D eigenvalue weighted by Gasteiger charge is 2.19. The molecule has 6 nitrogen and oxygen atoms in total. The summed E-state index contributed by atoms with van der Waals surface area (Å²) in [4.78, 5) is 37.8. The Kier molecular flexibility index (Phi) is 47.4. The summed E-state index contributed by atoms with van der Waals surface area (Å²) < 4.78 is 16.7. The third kappa shape index (κ3) is 48.0. The maximum absolute atomic E-state index is 12.8. The van der Waals surface area contributed by atoms with Crippen molar-refractivity contribution < 1.29 is 28.6 Å². The molecule has 0 aliphatic rings. The molecule has 0 aromatic heterocycles. The average molecular weight is 853 g/mol. The lowest BCUT2D eigenvalue weighted by atomic mass is 10.1. The first-order chi connectivity index (χ1) is 30.0. The van der Waals surface area contributed by atoms with Crippen molar-refractivity contribution in [2.45, 2.75) is 258 Å². The minimum Gasteiger partial charge on any atom is -0.462 e. The van der Waals surface area contributed by atoms with Crippen LogP contribution in [0.15, 0.2) is 60.8 Å². The van der Waals surface area contributed by atoms with Gasteiger partial charge in [-0.3, -0.25) is 14.4 Å². The van der Waals surface area contributed by atoms with E-state index >= 15 is 0 Å². The fourth-order valence-electron chi connectivity index (χ4n) is 7.11. The molecule has 0 aliphatic carbocycles. The Hall–Kier alpha value is -2.89. The number of esters is 3. The molecular weight excluding hydrogens is 757 g/mol. The molecule has 0 aromatic rings. The molecule has 1 atom stereocenters. The molecule has 0 N–H and O–H groups in total. The van der Waals surface area contributed by atoms with Gasteiger partial charge in [0, 0.05) is 19.3 Å². The normalized spacial score (nSPS) is 12.5. The van der Waals surface area contributed by atoms with Gasteiger partial charge in [-0.25, -0.2) is 0 Å². The zero-order valence-corrected chi connectivity index (χ0v) is 40.2. The van der Waals surface area contributed by atoms with Crippen molar-refractivity contribution in [3.63, 3.8) is 0 Å². The fraction of sp³-hybridized carbons (Fsp3) is 0.764. The smallest absolute Gasteiger partial charge is 0.306 e. The van der Waals surface area contributed by atoms with Crippen LogP contribution in [0.25, 0.3) is 0 Å². The van der Waals surface area contributed by atoms with E-state index in [1.807, 2.05) is 0 Å². The number of rotatable bonds is 46. The first-order valence-corrected chi connectivity index (χ1v) is 25.8. The third-order valence-electron chi connectivity index (χ3n) is 11.0. The molecule has 0 radical (unpaired) electrons. The van der Waals surface area contributed by atoms with E-state index in [2.05, 4.69) is 81.5 Å². The van der Waals surface area contributed by atoms with E-state index in [0.29, 0.717) is 12.8 Å².